The lowest BCUT2D eigenvalue weighted by Gasteiger charge is -2.13. The van der Waals surface area contributed by atoms with Crippen molar-refractivity contribution in [1.29, 1.82) is 0 Å². The molecule has 0 saturated carbocycles. The zero-order valence-corrected chi connectivity index (χ0v) is 20.0. The van der Waals surface area contributed by atoms with Crippen molar-refractivity contribution in [3.8, 4) is 5.69 Å². The summed E-state index contributed by atoms with van der Waals surface area (Å²) >= 11 is 2.86. The summed E-state index contributed by atoms with van der Waals surface area (Å²) in [6, 6.07) is 17.2. The van der Waals surface area contributed by atoms with Crippen molar-refractivity contribution in [3.05, 3.63) is 81.0 Å². The van der Waals surface area contributed by atoms with Crippen LogP contribution in [0.3, 0.4) is 0 Å². The first-order chi connectivity index (χ1) is 15.5. The molecule has 1 amide bonds. The van der Waals surface area contributed by atoms with Crippen LogP contribution in [0.15, 0.2) is 64.5 Å². The number of benzene rings is 2. The smallest absolute Gasteiger partial charge is 0.267 e. The third-order valence-electron chi connectivity index (χ3n) is 5.16. The highest BCUT2D eigenvalue weighted by molar-refractivity contribution is 7.99. The lowest BCUT2D eigenvalue weighted by atomic mass is 10.1. The topological polar surface area (TPSA) is 64.0 Å². The van der Waals surface area contributed by atoms with Gasteiger partial charge in [-0.15, -0.1) is 11.3 Å². The van der Waals surface area contributed by atoms with Gasteiger partial charge in [0.15, 0.2) is 5.16 Å². The van der Waals surface area contributed by atoms with Gasteiger partial charge >= 0.3 is 0 Å². The zero-order valence-electron chi connectivity index (χ0n) is 18.3. The van der Waals surface area contributed by atoms with Crippen LogP contribution < -0.4 is 10.9 Å². The van der Waals surface area contributed by atoms with Gasteiger partial charge in [-0.25, -0.2) is 4.98 Å². The van der Waals surface area contributed by atoms with Crippen LogP contribution in [0.5, 0.6) is 0 Å². The Hall–Kier alpha value is -2.90. The van der Waals surface area contributed by atoms with E-state index in [1.165, 1.54) is 16.6 Å². The van der Waals surface area contributed by atoms with Gasteiger partial charge in [0, 0.05) is 10.6 Å². The largest absolute Gasteiger partial charge is 0.325 e. The maximum Gasteiger partial charge on any atom is 0.267 e. The van der Waals surface area contributed by atoms with Crippen LogP contribution in [0.25, 0.3) is 15.9 Å². The van der Waals surface area contributed by atoms with Gasteiger partial charge in [-0.2, -0.15) is 0 Å². The molecular weight excluding hydrogens is 438 g/mol. The van der Waals surface area contributed by atoms with Gasteiger partial charge < -0.3 is 5.32 Å². The fourth-order valence-corrected chi connectivity index (χ4v) is 5.75. The molecule has 0 atom stereocenters. The highest BCUT2D eigenvalue weighted by Crippen LogP contribution is 2.31. The molecule has 0 fully saturated rings. The number of nitrogens with one attached hydrogen (secondary N) is 1. The maximum atomic E-state index is 13.7. The van der Waals surface area contributed by atoms with Crippen molar-refractivity contribution in [3.63, 3.8) is 0 Å². The number of hydrogen-bond donors (Lipinski definition) is 1. The van der Waals surface area contributed by atoms with Gasteiger partial charge in [-0.1, -0.05) is 55.4 Å². The Morgan fingerprint density at radius 3 is 2.62 bits per heavy atom. The van der Waals surface area contributed by atoms with Crippen LogP contribution in [0.4, 0.5) is 5.69 Å². The van der Waals surface area contributed by atoms with Gasteiger partial charge in [0.1, 0.15) is 4.83 Å². The molecule has 1 N–H and O–H groups in total. The molecule has 164 valence electrons. The van der Waals surface area contributed by atoms with Crippen molar-refractivity contribution in [2.75, 3.05) is 11.1 Å². The molecule has 4 aromatic rings. The minimum Gasteiger partial charge on any atom is -0.325 e. The first kappa shape index (κ1) is 22.3. The van der Waals surface area contributed by atoms with E-state index in [4.69, 9.17) is 4.98 Å². The van der Waals surface area contributed by atoms with Gasteiger partial charge in [0.25, 0.3) is 5.56 Å². The first-order valence-corrected chi connectivity index (χ1v) is 12.4. The summed E-state index contributed by atoms with van der Waals surface area (Å²) in [5, 5.41) is 4.10. The molecule has 0 radical (unpaired) electrons. The molecule has 5 nitrogen and oxygen atoms in total. The van der Waals surface area contributed by atoms with Crippen molar-refractivity contribution < 1.29 is 4.79 Å². The molecule has 0 aliphatic rings. The number of aromatic nitrogens is 2. The highest BCUT2D eigenvalue weighted by atomic mass is 32.2. The number of thioether (sulfide) groups is 1. The van der Waals surface area contributed by atoms with Crippen molar-refractivity contribution in [2.45, 2.75) is 38.8 Å². The van der Waals surface area contributed by atoms with Crippen molar-refractivity contribution in [1.82, 2.24) is 9.55 Å². The zero-order chi connectivity index (χ0) is 22.7. The second kappa shape index (κ2) is 9.71. The molecule has 7 heteroatoms. The second-order valence-electron chi connectivity index (χ2n) is 7.66. The summed E-state index contributed by atoms with van der Waals surface area (Å²) in [4.78, 5) is 33.0. The Morgan fingerprint density at radius 2 is 1.91 bits per heavy atom. The molecule has 32 heavy (non-hydrogen) atoms. The maximum absolute atomic E-state index is 13.7. The molecule has 0 spiro atoms. The minimum atomic E-state index is -0.139. The first-order valence-electron chi connectivity index (χ1n) is 10.6. The Balaban J connectivity index is 1.75. The molecule has 0 bridgehead atoms. The number of carbonyl (C=O) groups excluding carboxylic acids is 1. The van der Waals surface area contributed by atoms with Crippen LogP contribution in [-0.4, -0.2) is 21.2 Å². The number of aryl methyl sites for hydroxylation is 3. The third-order valence-corrected chi connectivity index (χ3v) is 7.34. The number of para-hydroxylation sites is 1. The number of anilines is 1. The van der Waals surface area contributed by atoms with E-state index in [0.717, 1.165) is 40.2 Å². The van der Waals surface area contributed by atoms with Gasteiger partial charge in [0.05, 0.1) is 16.8 Å². The molecular formula is C25H25N3O2S2. The second-order valence-corrected chi connectivity index (χ2v) is 9.68. The quantitative estimate of drug-likeness (QED) is 0.280. The normalized spacial score (nSPS) is 11.1. The summed E-state index contributed by atoms with van der Waals surface area (Å²) in [6.07, 6.45) is 1.94. The van der Waals surface area contributed by atoms with Gasteiger partial charge in [-0.3, -0.25) is 14.2 Å². The van der Waals surface area contributed by atoms with Crippen LogP contribution in [-0.2, 0) is 11.2 Å². The molecule has 2 heterocycles. The number of carbonyl (C=O) groups is 1. The number of nitrogens with zero attached hydrogens (tertiary/aromatic N) is 2. The number of thiophene rings is 1. The van der Waals surface area contributed by atoms with E-state index in [0.29, 0.717) is 10.5 Å². The number of hydrogen-bond acceptors (Lipinski definition) is 5. The molecule has 2 aromatic heterocycles. The Bertz CT molecular complexity index is 1330. The van der Waals surface area contributed by atoms with E-state index in [2.05, 4.69) is 12.2 Å². The monoisotopic (exact) mass is 463 g/mol. The molecule has 0 aliphatic carbocycles. The van der Waals surface area contributed by atoms with Gasteiger partial charge in [-0.05, 0) is 55.7 Å². The van der Waals surface area contributed by atoms with Crippen LogP contribution >= 0.6 is 23.1 Å². The summed E-state index contributed by atoms with van der Waals surface area (Å²) in [7, 11) is 0. The lowest BCUT2D eigenvalue weighted by Crippen LogP contribution is -2.23. The van der Waals surface area contributed by atoms with E-state index < -0.39 is 0 Å². The summed E-state index contributed by atoms with van der Waals surface area (Å²) in [5.74, 6) is 0.0190. The van der Waals surface area contributed by atoms with E-state index in [1.807, 2.05) is 68.4 Å². The van der Waals surface area contributed by atoms with E-state index in [-0.39, 0.29) is 17.2 Å². The average molecular weight is 464 g/mol. The SMILES string of the molecule is CCCc1sc2nc(SCC(=O)Nc3ccccc3)n(-c3cccc(C)c3)c(=O)c2c1C. The van der Waals surface area contributed by atoms with E-state index >= 15 is 0 Å². The summed E-state index contributed by atoms with van der Waals surface area (Å²) < 4.78 is 1.64. The van der Waals surface area contributed by atoms with E-state index in [1.54, 1.807) is 15.9 Å². The highest BCUT2D eigenvalue weighted by Gasteiger charge is 2.20. The summed E-state index contributed by atoms with van der Waals surface area (Å²) in [6.45, 7) is 6.14. The van der Waals surface area contributed by atoms with Crippen molar-refractivity contribution >= 4 is 44.9 Å². The fourth-order valence-electron chi connectivity index (χ4n) is 3.62. The Labute approximate surface area is 195 Å². The van der Waals surface area contributed by atoms with E-state index in [9.17, 15) is 9.59 Å². The number of fused-ring (bicyclic) bond motifs is 1. The predicted molar refractivity (Wildman–Crippen MR) is 134 cm³/mol. The molecule has 0 saturated heterocycles. The lowest BCUT2D eigenvalue weighted by molar-refractivity contribution is -0.113. The third kappa shape index (κ3) is 4.64. The molecule has 4 rings (SSSR count). The average Bonchev–Trinajstić information content (AvgIpc) is 3.08. The number of amides is 1. The molecule has 2 aromatic carbocycles. The standard InChI is InChI=1S/C25H25N3O2S2/c1-4-9-20-17(3)22-23(32-20)27-25(28(24(22)30)19-13-8-10-16(2)14-19)31-15-21(29)26-18-11-6-5-7-12-18/h5-8,10-14H,4,9,15H2,1-3H3,(H,26,29). The number of rotatable bonds is 7. The predicted octanol–water partition coefficient (Wildman–Crippen LogP) is 5.75. The Morgan fingerprint density at radius 1 is 1.12 bits per heavy atom. The fraction of sp³-hybridized carbons (Fsp3) is 0.240. The van der Waals surface area contributed by atoms with Gasteiger partial charge in [0.2, 0.25) is 5.91 Å². The minimum absolute atomic E-state index is 0.0809. The molecule has 0 aliphatic heterocycles. The molecule has 0 unspecified atom stereocenters. The van der Waals surface area contributed by atoms with Crippen LogP contribution in [0.2, 0.25) is 0 Å². The van der Waals surface area contributed by atoms with Crippen LogP contribution in [0.1, 0.15) is 29.3 Å². The summed E-state index contributed by atoms with van der Waals surface area (Å²) in [5.41, 5.74) is 3.50. The van der Waals surface area contributed by atoms with Crippen molar-refractivity contribution in [2.24, 2.45) is 0 Å². The Kier molecular flexibility index (Phi) is 6.77. The van der Waals surface area contributed by atoms with Crippen LogP contribution in [0, 0.1) is 13.8 Å².